The SMILES string of the molecule is CCC=CCC=CCC=CCC=CCC=CCC=CCCC(=O)OCC(COCCCCC=CCC=CCC=CCC=CCCCCC)OC(=O)CCCCCCCC=CCC=CCCCCC. The van der Waals surface area contributed by atoms with E-state index in [1.807, 2.05) is 6.08 Å². The first-order valence-corrected chi connectivity index (χ1v) is 27.4. The fourth-order valence-corrected chi connectivity index (χ4v) is 6.78. The largest absolute Gasteiger partial charge is 0.462 e. The van der Waals surface area contributed by atoms with Gasteiger partial charge in [0.1, 0.15) is 6.61 Å². The number of esters is 2. The molecule has 0 spiro atoms. The second-order valence-corrected chi connectivity index (χ2v) is 17.4. The molecule has 0 aliphatic rings. The molecule has 5 heteroatoms. The molecule has 0 aliphatic carbocycles. The van der Waals surface area contributed by atoms with Crippen LogP contribution in [0.3, 0.4) is 0 Å². The highest BCUT2D eigenvalue weighted by molar-refractivity contribution is 5.70. The average Bonchev–Trinajstić information content (AvgIpc) is 3.34. The monoisotopic (exact) mass is 937 g/mol. The second kappa shape index (κ2) is 57.1. The number of hydrogen-bond donors (Lipinski definition) is 0. The van der Waals surface area contributed by atoms with Gasteiger partial charge in [-0.05, 0) is 135 Å². The van der Waals surface area contributed by atoms with Crippen LogP contribution in [-0.4, -0.2) is 37.9 Å². The normalized spacial score (nSPS) is 13.4. The van der Waals surface area contributed by atoms with Crippen molar-refractivity contribution in [3.63, 3.8) is 0 Å². The number of unbranched alkanes of at least 4 members (excludes halogenated alkanes) is 13. The number of rotatable bonds is 48. The maximum absolute atomic E-state index is 12.8. The van der Waals surface area contributed by atoms with Crippen molar-refractivity contribution in [1.82, 2.24) is 0 Å². The van der Waals surface area contributed by atoms with Gasteiger partial charge in [-0.1, -0.05) is 212 Å². The Balaban J connectivity index is 4.53. The first kappa shape index (κ1) is 63.8. The van der Waals surface area contributed by atoms with Crippen molar-refractivity contribution in [2.45, 2.75) is 219 Å². The average molecular weight is 937 g/mol. The van der Waals surface area contributed by atoms with Gasteiger partial charge in [-0.3, -0.25) is 9.59 Å². The molecule has 0 saturated heterocycles. The highest BCUT2D eigenvalue weighted by atomic mass is 16.6. The Hall–Kier alpha value is -4.22. The van der Waals surface area contributed by atoms with Gasteiger partial charge in [0.15, 0.2) is 6.10 Å². The van der Waals surface area contributed by atoms with Crippen molar-refractivity contribution in [1.29, 1.82) is 0 Å². The third kappa shape index (κ3) is 54.4. The molecule has 0 heterocycles. The van der Waals surface area contributed by atoms with Crippen molar-refractivity contribution in [2.75, 3.05) is 19.8 Å². The number of ether oxygens (including phenoxy) is 3. The lowest BCUT2D eigenvalue weighted by Gasteiger charge is -2.18. The van der Waals surface area contributed by atoms with E-state index in [2.05, 4.69) is 161 Å². The summed E-state index contributed by atoms with van der Waals surface area (Å²) in [5, 5.41) is 0. The number of hydrogen-bond acceptors (Lipinski definition) is 5. The second-order valence-electron chi connectivity index (χ2n) is 17.4. The minimum atomic E-state index is -0.608. The number of allylic oxidation sites excluding steroid dienone is 24. The summed E-state index contributed by atoms with van der Waals surface area (Å²) in [6, 6.07) is 0. The van der Waals surface area contributed by atoms with Crippen LogP contribution in [0.5, 0.6) is 0 Å². The lowest BCUT2D eigenvalue weighted by atomic mass is 10.1. The predicted molar refractivity (Wildman–Crippen MR) is 297 cm³/mol. The Labute approximate surface area is 419 Å². The van der Waals surface area contributed by atoms with Gasteiger partial charge in [0.25, 0.3) is 0 Å². The van der Waals surface area contributed by atoms with E-state index >= 15 is 0 Å². The molecule has 1 atom stereocenters. The Bertz CT molecular complexity index is 1480. The molecule has 0 radical (unpaired) electrons. The van der Waals surface area contributed by atoms with Gasteiger partial charge in [-0.2, -0.15) is 0 Å². The van der Waals surface area contributed by atoms with Crippen LogP contribution in [0.25, 0.3) is 0 Å². The predicted octanol–water partition coefficient (Wildman–Crippen LogP) is 18.9. The summed E-state index contributed by atoms with van der Waals surface area (Å²) >= 11 is 0. The third-order valence-electron chi connectivity index (χ3n) is 10.8. The lowest BCUT2D eigenvalue weighted by Crippen LogP contribution is -2.30. The van der Waals surface area contributed by atoms with E-state index in [0.29, 0.717) is 19.4 Å². The Morgan fingerprint density at radius 3 is 1.12 bits per heavy atom. The number of carbonyl (C=O) groups is 2. The zero-order chi connectivity index (χ0) is 49.2. The van der Waals surface area contributed by atoms with Crippen LogP contribution < -0.4 is 0 Å². The van der Waals surface area contributed by atoms with Gasteiger partial charge in [-0.25, -0.2) is 0 Å². The van der Waals surface area contributed by atoms with Gasteiger partial charge in [0.05, 0.1) is 6.61 Å². The van der Waals surface area contributed by atoms with Crippen LogP contribution in [0.1, 0.15) is 213 Å². The van der Waals surface area contributed by atoms with Crippen LogP contribution in [0.2, 0.25) is 0 Å². The van der Waals surface area contributed by atoms with E-state index in [1.54, 1.807) is 0 Å². The van der Waals surface area contributed by atoms with Gasteiger partial charge in [0, 0.05) is 19.4 Å². The molecule has 5 nitrogen and oxygen atoms in total. The maximum atomic E-state index is 12.8. The van der Waals surface area contributed by atoms with Gasteiger partial charge >= 0.3 is 11.9 Å². The molecule has 0 aromatic carbocycles. The molecule has 0 amide bonds. The highest BCUT2D eigenvalue weighted by Gasteiger charge is 2.17. The smallest absolute Gasteiger partial charge is 0.306 e. The molecule has 0 bridgehead atoms. The summed E-state index contributed by atoms with van der Waals surface area (Å²) in [6.45, 7) is 7.45. The fraction of sp³-hybridized carbons (Fsp3) is 0.587. The van der Waals surface area contributed by atoms with Crippen LogP contribution >= 0.6 is 0 Å². The van der Waals surface area contributed by atoms with Gasteiger partial charge < -0.3 is 14.2 Å². The van der Waals surface area contributed by atoms with Crippen LogP contribution in [-0.2, 0) is 23.8 Å². The minimum Gasteiger partial charge on any atom is -0.462 e. The van der Waals surface area contributed by atoms with Crippen molar-refractivity contribution >= 4 is 11.9 Å². The van der Waals surface area contributed by atoms with E-state index < -0.39 is 6.10 Å². The maximum Gasteiger partial charge on any atom is 0.306 e. The molecule has 0 aromatic heterocycles. The molecule has 0 rings (SSSR count). The van der Waals surface area contributed by atoms with Gasteiger partial charge in [0.2, 0.25) is 0 Å². The van der Waals surface area contributed by atoms with Crippen molar-refractivity contribution in [3.05, 3.63) is 146 Å². The molecular formula is C63H100O5. The molecule has 0 fully saturated rings. The van der Waals surface area contributed by atoms with E-state index in [1.165, 1.54) is 64.2 Å². The van der Waals surface area contributed by atoms with Crippen LogP contribution in [0, 0.1) is 0 Å². The van der Waals surface area contributed by atoms with E-state index in [0.717, 1.165) is 109 Å². The molecule has 1 unspecified atom stereocenters. The molecule has 0 saturated carbocycles. The lowest BCUT2D eigenvalue weighted by molar-refractivity contribution is -0.162. The molecule has 382 valence electrons. The molecule has 0 aliphatic heterocycles. The van der Waals surface area contributed by atoms with E-state index in [9.17, 15) is 9.59 Å². The summed E-state index contributed by atoms with van der Waals surface area (Å²) < 4.78 is 17.3. The summed E-state index contributed by atoms with van der Waals surface area (Å²) in [5.41, 5.74) is 0. The highest BCUT2D eigenvalue weighted by Crippen LogP contribution is 2.11. The van der Waals surface area contributed by atoms with E-state index in [-0.39, 0.29) is 31.6 Å². The van der Waals surface area contributed by atoms with Crippen molar-refractivity contribution in [3.8, 4) is 0 Å². The summed E-state index contributed by atoms with van der Waals surface area (Å²) in [5.74, 6) is -0.544. The first-order chi connectivity index (χ1) is 33.6. The van der Waals surface area contributed by atoms with Crippen molar-refractivity contribution in [2.24, 2.45) is 0 Å². The topological polar surface area (TPSA) is 61.8 Å². The zero-order valence-electron chi connectivity index (χ0n) is 43.8. The summed E-state index contributed by atoms with van der Waals surface area (Å²) in [6.07, 6.45) is 83.0. The standard InChI is InChI=1S/C63H100O5/c1-4-7-10-13-16-19-22-25-28-30-32-33-36-38-41-44-47-50-53-56-62(64)67-60-61(68-63(65)57-54-51-48-45-42-39-35-27-24-21-18-15-12-9-6-3)59-66-58-55-52-49-46-43-40-37-34-31-29-26-23-20-17-14-11-8-5-2/h7,10,16-21,25-29,32-35,37-38,41,43,46-47,50,61H,4-6,8-9,11-15,22-24,30-31,36,39-40,42,44-45,48-49,51-60H2,1-3H3. The molecule has 68 heavy (non-hydrogen) atoms. The zero-order valence-corrected chi connectivity index (χ0v) is 43.8. The number of carbonyl (C=O) groups excluding carboxylic acids is 2. The van der Waals surface area contributed by atoms with Gasteiger partial charge in [-0.15, -0.1) is 0 Å². The summed E-state index contributed by atoms with van der Waals surface area (Å²) in [7, 11) is 0. The third-order valence-corrected chi connectivity index (χ3v) is 10.8. The van der Waals surface area contributed by atoms with Crippen LogP contribution in [0.15, 0.2) is 146 Å². The Kier molecular flexibility index (Phi) is 53.6. The summed E-state index contributed by atoms with van der Waals surface area (Å²) in [4.78, 5) is 25.4. The Morgan fingerprint density at radius 1 is 0.338 bits per heavy atom. The minimum absolute atomic E-state index is 0.0126. The molecule has 0 aromatic rings. The molecular weight excluding hydrogens is 837 g/mol. The quantitative estimate of drug-likeness (QED) is 0.0346. The van der Waals surface area contributed by atoms with Crippen molar-refractivity contribution < 1.29 is 23.8 Å². The fourth-order valence-electron chi connectivity index (χ4n) is 6.78. The first-order valence-electron chi connectivity index (χ1n) is 27.4. The van der Waals surface area contributed by atoms with Crippen LogP contribution in [0.4, 0.5) is 0 Å². The van der Waals surface area contributed by atoms with E-state index in [4.69, 9.17) is 14.2 Å². The Morgan fingerprint density at radius 2 is 0.691 bits per heavy atom. The molecule has 0 N–H and O–H groups in total.